The van der Waals surface area contributed by atoms with Crippen molar-refractivity contribution in [2.45, 2.75) is 51.0 Å². The number of nitrogens with two attached hydrogens (primary N) is 1. The summed E-state index contributed by atoms with van der Waals surface area (Å²) in [4.78, 5) is 11.2. The summed E-state index contributed by atoms with van der Waals surface area (Å²) in [6.07, 6.45) is 8.82. The summed E-state index contributed by atoms with van der Waals surface area (Å²) in [5, 5.41) is 3.47. The molecule has 1 aromatic heterocycles. The highest BCUT2D eigenvalue weighted by Gasteiger charge is 2.29. The quantitative estimate of drug-likeness (QED) is 0.335. The standard InChI is InChI=1S/C30H31F2N5/c1-20(35-25-10-6-7-21(18-25)23-15-16-34-19-23)37(26-11-3-4-12-26)29-27(33)13-14-28(36-29)22-8-5-9-24(17-22)30(2,31)32/h5-10,13-14,16-19,26,35H,1,3-4,11-12,15,33H2,2H3. The molecular weight excluding hydrogens is 468 g/mol. The zero-order valence-corrected chi connectivity index (χ0v) is 20.9. The largest absolute Gasteiger partial charge is 0.396 e. The zero-order valence-electron chi connectivity index (χ0n) is 20.9. The highest BCUT2D eigenvalue weighted by molar-refractivity contribution is 5.85. The fraction of sp³-hybridized carbons (Fsp3) is 0.267. The van der Waals surface area contributed by atoms with Gasteiger partial charge < -0.3 is 16.0 Å². The van der Waals surface area contributed by atoms with Gasteiger partial charge in [0, 0.05) is 48.6 Å². The minimum atomic E-state index is -2.93. The number of halogens is 2. The van der Waals surface area contributed by atoms with Crippen molar-refractivity contribution in [3.63, 3.8) is 0 Å². The number of hydrogen-bond donors (Lipinski definition) is 2. The monoisotopic (exact) mass is 499 g/mol. The second kappa shape index (κ2) is 10.2. The van der Waals surface area contributed by atoms with Crippen molar-refractivity contribution in [2.75, 3.05) is 16.0 Å². The highest BCUT2D eigenvalue weighted by Crippen LogP contribution is 2.36. The van der Waals surface area contributed by atoms with Crippen LogP contribution in [0.3, 0.4) is 0 Å². The second-order valence-electron chi connectivity index (χ2n) is 9.73. The summed E-state index contributed by atoms with van der Waals surface area (Å²) >= 11 is 0. The number of nitrogen functional groups attached to an aromatic ring is 1. The average Bonchev–Trinajstić information content (AvgIpc) is 3.60. The SMILES string of the molecule is C=C(Nc1cccc(C2=CN=CC2)c1)N(c1nc(-c2cccc(C(C)(F)F)c2)ccc1N)C1CCCC1. The maximum Gasteiger partial charge on any atom is 0.270 e. The van der Waals surface area contributed by atoms with Gasteiger partial charge in [-0.2, -0.15) is 0 Å². The van der Waals surface area contributed by atoms with Gasteiger partial charge in [0.15, 0.2) is 5.82 Å². The molecule has 5 nitrogen and oxygen atoms in total. The van der Waals surface area contributed by atoms with Gasteiger partial charge in [-0.05, 0) is 54.3 Å². The minimum absolute atomic E-state index is 0.0495. The topological polar surface area (TPSA) is 66.5 Å². The van der Waals surface area contributed by atoms with Gasteiger partial charge in [0.1, 0.15) is 5.82 Å². The second-order valence-corrected chi connectivity index (χ2v) is 9.73. The van der Waals surface area contributed by atoms with Gasteiger partial charge in [0.2, 0.25) is 0 Å². The van der Waals surface area contributed by atoms with Crippen LogP contribution >= 0.6 is 0 Å². The fourth-order valence-electron chi connectivity index (χ4n) is 5.01. The first-order valence-corrected chi connectivity index (χ1v) is 12.6. The van der Waals surface area contributed by atoms with E-state index in [0.29, 0.717) is 28.6 Å². The van der Waals surface area contributed by atoms with Crippen molar-refractivity contribution >= 4 is 29.0 Å². The Kier molecular flexibility index (Phi) is 6.78. The molecule has 37 heavy (non-hydrogen) atoms. The van der Waals surface area contributed by atoms with Crippen LogP contribution in [-0.4, -0.2) is 17.2 Å². The Morgan fingerprint density at radius 3 is 2.54 bits per heavy atom. The minimum Gasteiger partial charge on any atom is -0.396 e. The molecule has 2 heterocycles. The molecule has 1 aliphatic heterocycles. The van der Waals surface area contributed by atoms with Crippen molar-refractivity contribution in [3.8, 4) is 11.3 Å². The number of benzene rings is 2. The van der Waals surface area contributed by atoms with Crippen LogP contribution in [0.2, 0.25) is 0 Å². The molecule has 0 unspecified atom stereocenters. The molecule has 3 N–H and O–H groups in total. The lowest BCUT2D eigenvalue weighted by Crippen LogP contribution is -2.36. The maximum atomic E-state index is 14.0. The van der Waals surface area contributed by atoms with E-state index in [1.165, 1.54) is 17.7 Å². The number of hydrogen-bond acceptors (Lipinski definition) is 5. The van der Waals surface area contributed by atoms with E-state index in [1.54, 1.807) is 24.3 Å². The summed E-state index contributed by atoms with van der Waals surface area (Å²) in [7, 11) is 0. The number of aliphatic imine (C=N–C) groups is 1. The molecule has 0 amide bonds. The number of aromatic nitrogens is 1. The van der Waals surface area contributed by atoms with Crippen molar-refractivity contribution in [1.29, 1.82) is 0 Å². The van der Waals surface area contributed by atoms with Gasteiger partial charge in [0.25, 0.3) is 5.92 Å². The van der Waals surface area contributed by atoms with E-state index in [-0.39, 0.29) is 11.6 Å². The predicted molar refractivity (Wildman–Crippen MR) is 149 cm³/mol. The van der Waals surface area contributed by atoms with Crippen LogP contribution in [0.15, 0.2) is 84.3 Å². The molecule has 2 aromatic carbocycles. The fourth-order valence-corrected chi connectivity index (χ4v) is 5.01. The predicted octanol–water partition coefficient (Wildman–Crippen LogP) is 7.59. The Morgan fingerprint density at radius 1 is 1.05 bits per heavy atom. The van der Waals surface area contributed by atoms with E-state index in [4.69, 9.17) is 10.7 Å². The molecule has 1 aliphatic carbocycles. The van der Waals surface area contributed by atoms with Crippen LogP contribution in [0, 0.1) is 0 Å². The van der Waals surface area contributed by atoms with Gasteiger partial charge in [0.05, 0.1) is 11.4 Å². The molecule has 5 rings (SSSR count). The maximum absolute atomic E-state index is 14.0. The molecule has 0 spiro atoms. The number of nitrogens with one attached hydrogen (secondary N) is 1. The molecule has 7 heteroatoms. The molecular formula is C30H31F2N5. The Morgan fingerprint density at radius 2 is 1.81 bits per heavy atom. The van der Waals surface area contributed by atoms with E-state index < -0.39 is 5.92 Å². The third-order valence-electron chi connectivity index (χ3n) is 6.95. The van der Waals surface area contributed by atoms with Crippen molar-refractivity contribution in [2.24, 2.45) is 4.99 Å². The van der Waals surface area contributed by atoms with Gasteiger partial charge >= 0.3 is 0 Å². The van der Waals surface area contributed by atoms with E-state index in [0.717, 1.165) is 50.3 Å². The summed E-state index contributed by atoms with van der Waals surface area (Å²) in [6, 6.07) is 18.3. The first-order valence-electron chi connectivity index (χ1n) is 12.6. The molecule has 0 bridgehead atoms. The van der Waals surface area contributed by atoms with Gasteiger partial charge in [-0.3, -0.25) is 4.99 Å². The first-order chi connectivity index (χ1) is 17.8. The smallest absolute Gasteiger partial charge is 0.270 e. The van der Waals surface area contributed by atoms with Gasteiger partial charge in [-0.1, -0.05) is 49.8 Å². The number of pyridine rings is 1. The number of allylic oxidation sites excluding steroid dienone is 1. The number of alkyl halides is 2. The third-order valence-corrected chi connectivity index (χ3v) is 6.95. The molecule has 2 aliphatic rings. The molecule has 0 saturated heterocycles. The lowest BCUT2D eigenvalue weighted by atomic mass is 10.0. The third kappa shape index (κ3) is 5.40. The summed E-state index contributed by atoms with van der Waals surface area (Å²) in [5.74, 6) is -1.68. The number of anilines is 3. The average molecular weight is 500 g/mol. The van der Waals surface area contributed by atoms with Crippen molar-refractivity contribution in [1.82, 2.24) is 4.98 Å². The molecule has 1 fully saturated rings. The Balaban J connectivity index is 1.48. The Bertz CT molecular complexity index is 1370. The summed E-state index contributed by atoms with van der Waals surface area (Å²) in [5.41, 5.74) is 11.3. The number of nitrogens with zero attached hydrogens (tertiary/aromatic N) is 3. The van der Waals surface area contributed by atoms with Crippen LogP contribution in [-0.2, 0) is 5.92 Å². The molecule has 190 valence electrons. The van der Waals surface area contributed by atoms with Crippen molar-refractivity contribution in [3.05, 3.63) is 90.4 Å². The van der Waals surface area contributed by atoms with E-state index >= 15 is 0 Å². The molecule has 3 aromatic rings. The molecule has 0 radical (unpaired) electrons. The summed E-state index contributed by atoms with van der Waals surface area (Å²) < 4.78 is 28.0. The van der Waals surface area contributed by atoms with E-state index in [9.17, 15) is 8.78 Å². The van der Waals surface area contributed by atoms with Crippen molar-refractivity contribution < 1.29 is 8.78 Å². The lowest BCUT2D eigenvalue weighted by Gasteiger charge is -2.33. The van der Waals surface area contributed by atoms with E-state index in [1.807, 2.05) is 24.5 Å². The van der Waals surface area contributed by atoms with Crippen LogP contribution < -0.4 is 16.0 Å². The zero-order chi connectivity index (χ0) is 26.0. The Hall–Kier alpha value is -4.00. The summed E-state index contributed by atoms with van der Waals surface area (Å²) in [6.45, 7) is 5.27. The molecule has 0 atom stereocenters. The van der Waals surface area contributed by atoms with E-state index in [2.05, 4.69) is 33.9 Å². The van der Waals surface area contributed by atoms with Crippen LogP contribution in [0.1, 0.15) is 50.2 Å². The first kappa shape index (κ1) is 24.7. The van der Waals surface area contributed by atoms with Gasteiger partial charge in [-0.15, -0.1) is 0 Å². The van der Waals surface area contributed by atoms with Crippen LogP contribution in [0.25, 0.3) is 16.8 Å². The number of rotatable bonds is 8. The lowest BCUT2D eigenvalue weighted by molar-refractivity contribution is 0.0175. The van der Waals surface area contributed by atoms with Crippen LogP contribution in [0.5, 0.6) is 0 Å². The normalized spacial score (nSPS) is 15.6. The van der Waals surface area contributed by atoms with Gasteiger partial charge in [-0.25, -0.2) is 13.8 Å². The Labute approximate surface area is 216 Å². The molecule has 1 saturated carbocycles. The van der Waals surface area contributed by atoms with Crippen LogP contribution in [0.4, 0.5) is 26.0 Å². The highest BCUT2D eigenvalue weighted by atomic mass is 19.3.